The lowest BCUT2D eigenvalue weighted by Gasteiger charge is -2.32. The van der Waals surface area contributed by atoms with Gasteiger partial charge in [0.25, 0.3) is 0 Å². The Morgan fingerprint density at radius 1 is 1.24 bits per heavy atom. The predicted octanol–water partition coefficient (Wildman–Crippen LogP) is 4.84. The molecule has 1 aromatic carbocycles. The average molecular weight is 517 g/mol. The number of nitrogens with zero attached hydrogens (tertiary/aromatic N) is 6. The number of carboxylic acids is 1. The number of hydrogen-bond donors (Lipinski definition) is 3. The van der Waals surface area contributed by atoms with Gasteiger partial charge < -0.3 is 15.3 Å². The summed E-state index contributed by atoms with van der Waals surface area (Å²) in [5, 5.41) is 29.9. The zero-order valence-electron chi connectivity index (χ0n) is 20.4. The van der Waals surface area contributed by atoms with Gasteiger partial charge in [-0.15, -0.1) is 0 Å². The summed E-state index contributed by atoms with van der Waals surface area (Å²) in [6, 6.07) is 10.9. The fourth-order valence-electron chi connectivity index (χ4n) is 4.87. The van der Waals surface area contributed by atoms with E-state index in [-0.39, 0.29) is 16.9 Å². The van der Waals surface area contributed by atoms with E-state index in [0.29, 0.717) is 34.2 Å². The second-order valence-electron chi connectivity index (χ2n) is 9.20. The molecular formula is C26H25ClN8O2. The summed E-state index contributed by atoms with van der Waals surface area (Å²) in [6.45, 7) is 5.35. The number of anilines is 2. The van der Waals surface area contributed by atoms with E-state index in [1.54, 1.807) is 18.3 Å². The van der Waals surface area contributed by atoms with E-state index in [2.05, 4.69) is 36.5 Å². The van der Waals surface area contributed by atoms with E-state index in [1.807, 2.05) is 32.0 Å². The van der Waals surface area contributed by atoms with Gasteiger partial charge in [-0.1, -0.05) is 17.7 Å². The maximum Gasteiger partial charge on any atom is 0.356 e. The molecule has 1 atom stereocenters. The van der Waals surface area contributed by atoms with Crippen LogP contribution in [0.5, 0.6) is 0 Å². The first-order valence-corrected chi connectivity index (χ1v) is 12.3. The number of aromatic nitrogens is 5. The van der Waals surface area contributed by atoms with Crippen molar-refractivity contribution >= 4 is 40.1 Å². The highest BCUT2D eigenvalue weighted by molar-refractivity contribution is 6.29. The van der Waals surface area contributed by atoms with Crippen molar-refractivity contribution in [3.05, 3.63) is 69.9 Å². The van der Waals surface area contributed by atoms with Crippen LogP contribution in [0.25, 0.3) is 11.0 Å². The minimum Gasteiger partial charge on any atom is -0.476 e. The van der Waals surface area contributed by atoms with Crippen LogP contribution >= 0.6 is 11.6 Å². The molecule has 10 nitrogen and oxygen atoms in total. The lowest BCUT2D eigenvalue weighted by atomic mass is 9.93. The SMILES string of the molecule is Cc1cc([C@@H](C)Nc2ccc(Cl)nc2C(=O)O)c2nc(N3CCC(c4ccn[nH]4)CC3)c(C#N)nc2c1. The Bertz CT molecular complexity index is 1510. The molecule has 0 saturated carbocycles. The molecule has 0 radical (unpaired) electrons. The van der Waals surface area contributed by atoms with Crippen LogP contribution in [0, 0.1) is 18.3 Å². The van der Waals surface area contributed by atoms with Crippen molar-refractivity contribution in [1.82, 2.24) is 25.1 Å². The number of carbonyl (C=O) groups is 1. The van der Waals surface area contributed by atoms with Crippen LogP contribution in [0.2, 0.25) is 5.15 Å². The van der Waals surface area contributed by atoms with Gasteiger partial charge in [0.1, 0.15) is 11.2 Å². The molecule has 3 aromatic heterocycles. The van der Waals surface area contributed by atoms with Crippen molar-refractivity contribution in [2.24, 2.45) is 0 Å². The lowest BCUT2D eigenvalue weighted by Crippen LogP contribution is -2.34. The van der Waals surface area contributed by atoms with Gasteiger partial charge in [-0.25, -0.2) is 19.7 Å². The first kappa shape index (κ1) is 24.5. The standard InChI is InChI=1S/C26H25ClN8O2/c1-14-11-17(15(2)30-19-3-4-22(27)32-24(19)26(36)37)23-20(12-14)31-21(13-28)25(33-23)35-9-6-16(7-10-35)18-5-8-29-34-18/h3-5,8,11-12,15-16,30H,6-7,9-10H2,1-2H3,(H,29,34)(H,36,37)/t15-/m1/s1. The van der Waals surface area contributed by atoms with Gasteiger partial charge in [-0.05, 0) is 56.5 Å². The molecular weight excluding hydrogens is 492 g/mol. The molecule has 4 heterocycles. The summed E-state index contributed by atoms with van der Waals surface area (Å²) in [5.41, 5.74) is 4.68. The molecule has 1 fully saturated rings. The number of pyridine rings is 1. The number of rotatable bonds is 6. The molecule has 0 amide bonds. The van der Waals surface area contributed by atoms with Gasteiger partial charge in [-0.3, -0.25) is 5.10 Å². The maximum atomic E-state index is 11.7. The Hall–Kier alpha value is -4.23. The third-order valence-corrected chi connectivity index (χ3v) is 6.90. The highest BCUT2D eigenvalue weighted by Crippen LogP contribution is 2.33. The maximum absolute atomic E-state index is 11.7. The predicted molar refractivity (Wildman–Crippen MR) is 140 cm³/mol. The Kier molecular flexibility index (Phi) is 6.63. The van der Waals surface area contributed by atoms with Crippen LogP contribution in [-0.2, 0) is 0 Å². The minimum atomic E-state index is -1.18. The zero-order valence-corrected chi connectivity index (χ0v) is 21.1. The zero-order chi connectivity index (χ0) is 26.1. The number of nitrogens with one attached hydrogen (secondary N) is 2. The van der Waals surface area contributed by atoms with E-state index >= 15 is 0 Å². The summed E-state index contributed by atoms with van der Waals surface area (Å²) in [6.07, 6.45) is 3.59. The van der Waals surface area contributed by atoms with Crippen molar-refractivity contribution in [2.45, 2.75) is 38.6 Å². The fourth-order valence-corrected chi connectivity index (χ4v) is 5.02. The number of benzene rings is 1. The summed E-state index contributed by atoms with van der Waals surface area (Å²) >= 11 is 5.91. The van der Waals surface area contributed by atoms with Crippen molar-refractivity contribution in [3.8, 4) is 6.07 Å². The van der Waals surface area contributed by atoms with Crippen molar-refractivity contribution in [1.29, 1.82) is 5.26 Å². The van der Waals surface area contributed by atoms with Gasteiger partial charge in [0.2, 0.25) is 0 Å². The lowest BCUT2D eigenvalue weighted by molar-refractivity contribution is 0.0691. The number of nitriles is 1. The minimum absolute atomic E-state index is 0.104. The number of aromatic carboxylic acids is 1. The molecule has 4 aromatic rings. The molecule has 1 aliphatic rings. The Labute approximate surface area is 218 Å². The monoisotopic (exact) mass is 516 g/mol. The van der Waals surface area contributed by atoms with Crippen molar-refractivity contribution in [2.75, 3.05) is 23.3 Å². The average Bonchev–Trinajstić information content (AvgIpc) is 3.43. The van der Waals surface area contributed by atoms with E-state index in [1.165, 1.54) is 0 Å². The quantitative estimate of drug-likeness (QED) is 0.306. The Morgan fingerprint density at radius 2 is 2.03 bits per heavy atom. The number of fused-ring (bicyclic) bond motifs is 1. The first-order chi connectivity index (χ1) is 17.8. The highest BCUT2D eigenvalue weighted by Gasteiger charge is 2.26. The summed E-state index contributed by atoms with van der Waals surface area (Å²) in [4.78, 5) is 27.4. The second-order valence-corrected chi connectivity index (χ2v) is 9.59. The van der Waals surface area contributed by atoms with Gasteiger partial charge in [-0.2, -0.15) is 10.4 Å². The van der Waals surface area contributed by atoms with Crippen LogP contribution in [0.15, 0.2) is 36.5 Å². The van der Waals surface area contributed by atoms with E-state index < -0.39 is 5.97 Å². The van der Waals surface area contributed by atoms with E-state index in [4.69, 9.17) is 16.6 Å². The normalized spacial score (nSPS) is 14.9. The molecule has 1 aliphatic heterocycles. The molecule has 3 N–H and O–H groups in total. The summed E-state index contributed by atoms with van der Waals surface area (Å²) < 4.78 is 0. The van der Waals surface area contributed by atoms with Gasteiger partial charge >= 0.3 is 5.97 Å². The number of hydrogen-bond acceptors (Lipinski definition) is 8. The molecule has 0 unspecified atom stereocenters. The van der Waals surface area contributed by atoms with Crippen LogP contribution < -0.4 is 10.2 Å². The van der Waals surface area contributed by atoms with Crippen LogP contribution in [-0.4, -0.2) is 49.3 Å². The molecule has 37 heavy (non-hydrogen) atoms. The van der Waals surface area contributed by atoms with Crippen molar-refractivity contribution < 1.29 is 9.90 Å². The number of piperidine rings is 1. The number of aromatic amines is 1. The smallest absolute Gasteiger partial charge is 0.356 e. The third-order valence-electron chi connectivity index (χ3n) is 6.69. The molecule has 11 heteroatoms. The molecule has 0 aliphatic carbocycles. The third kappa shape index (κ3) is 4.90. The number of halogens is 1. The van der Waals surface area contributed by atoms with E-state index in [9.17, 15) is 15.2 Å². The van der Waals surface area contributed by atoms with Crippen molar-refractivity contribution in [3.63, 3.8) is 0 Å². The highest BCUT2D eigenvalue weighted by atomic mass is 35.5. The second kappa shape index (κ2) is 10.0. The van der Waals surface area contributed by atoms with Crippen LogP contribution in [0.3, 0.4) is 0 Å². The number of H-pyrrole nitrogens is 1. The molecule has 5 rings (SSSR count). The van der Waals surface area contributed by atoms with Crippen LogP contribution in [0.1, 0.15) is 64.7 Å². The van der Waals surface area contributed by atoms with Crippen LogP contribution in [0.4, 0.5) is 11.5 Å². The molecule has 1 saturated heterocycles. The van der Waals surface area contributed by atoms with Gasteiger partial charge in [0.05, 0.1) is 22.8 Å². The van der Waals surface area contributed by atoms with E-state index in [0.717, 1.165) is 42.8 Å². The first-order valence-electron chi connectivity index (χ1n) is 12.0. The Balaban J connectivity index is 1.50. The molecule has 0 bridgehead atoms. The summed E-state index contributed by atoms with van der Waals surface area (Å²) in [5.74, 6) is -0.225. The topological polar surface area (TPSA) is 144 Å². The fraction of sp³-hybridized carbons (Fsp3) is 0.308. The van der Waals surface area contributed by atoms with Gasteiger partial charge in [0.15, 0.2) is 17.2 Å². The van der Waals surface area contributed by atoms with Gasteiger partial charge in [0, 0.05) is 36.5 Å². The number of aryl methyl sites for hydroxylation is 1. The largest absolute Gasteiger partial charge is 0.476 e. The number of carboxylic acid groups (broad SMARTS) is 1. The Morgan fingerprint density at radius 3 is 2.70 bits per heavy atom. The molecule has 188 valence electrons. The molecule has 0 spiro atoms. The summed E-state index contributed by atoms with van der Waals surface area (Å²) in [7, 11) is 0.